The summed E-state index contributed by atoms with van der Waals surface area (Å²) in [5.41, 5.74) is 2.22. The number of rotatable bonds is 3. The fourth-order valence-corrected chi connectivity index (χ4v) is 2.27. The molecule has 0 radical (unpaired) electrons. The van der Waals surface area contributed by atoms with Crippen LogP contribution in [0.3, 0.4) is 0 Å². The van der Waals surface area contributed by atoms with Gasteiger partial charge in [-0.25, -0.2) is 0 Å². The van der Waals surface area contributed by atoms with Crippen LogP contribution in [0.15, 0.2) is 24.3 Å². The molecule has 3 nitrogen and oxygen atoms in total. The average Bonchev–Trinajstić information content (AvgIpc) is 2.30. The Morgan fingerprint density at radius 2 is 1.89 bits per heavy atom. The number of benzene rings is 1. The van der Waals surface area contributed by atoms with Crippen molar-refractivity contribution in [2.45, 2.75) is 39.0 Å². The summed E-state index contributed by atoms with van der Waals surface area (Å²) in [5.74, 6) is -0.487. The second kappa shape index (κ2) is 5.34. The molecule has 0 bridgehead atoms. The zero-order valence-corrected chi connectivity index (χ0v) is 10.8. The summed E-state index contributed by atoms with van der Waals surface area (Å²) in [5, 5.41) is 0. The van der Waals surface area contributed by atoms with Crippen LogP contribution < -0.4 is 0 Å². The fourth-order valence-electron chi connectivity index (χ4n) is 2.27. The Morgan fingerprint density at radius 3 is 2.44 bits per heavy atom. The van der Waals surface area contributed by atoms with Gasteiger partial charge in [0, 0.05) is 6.42 Å². The second-order valence-corrected chi connectivity index (χ2v) is 5.22. The first-order valence-electron chi connectivity index (χ1n) is 6.39. The molecule has 1 aliphatic heterocycles. The lowest BCUT2D eigenvalue weighted by Gasteiger charge is -2.20. The maximum atomic E-state index is 11.6. The van der Waals surface area contributed by atoms with E-state index < -0.39 is 11.9 Å². The van der Waals surface area contributed by atoms with Crippen molar-refractivity contribution in [2.75, 3.05) is 0 Å². The number of ether oxygens (including phenoxy) is 1. The van der Waals surface area contributed by atoms with E-state index in [0.29, 0.717) is 18.8 Å². The highest BCUT2D eigenvalue weighted by Gasteiger charge is 2.30. The Kier molecular flexibility index (Phi) is 3.80. The van der Waals surface area contributed by atoms with Gasteiger partial charge in [-0.1, -0.05) is 38.1 Å². The van der Waals surface area contributed by atoms with Crippen LogP contribution in [0, 0.1) is 5.92 Å². The fraction of sp³-hybridized carbons (Fsp3) is 0.467. The van der Waals surface area contributed by atoms with Crippen molar-refractivity contribution < 1.29 is 14.3 Å². The summed E-state index contributed by atoms with van der Waals surface area (Å²) < 4.78 is 4.67. The predicted octanol–water partition coefficient (Wildman–Crippen LogP) is 2.83. The summed E-state index contributed by atoms with van der Waals surface area (Å²) in [4.78, 5) is 22.6. The molecule has 96 valence electrons. The molecule has 0 aliphatic carbocycles. The summed E-state index contributed by atoms with van der Waals surface area (Å²) in [6.45, 7) is 4.36. The third-order valence-electron chi connectivity index (χ3n) is 3.16. The van der Waals surface area contributed by atoms with Crippen molar-refractivity contribution in [3.05, 3.63) is 35.4 Å². The molecule has 1 atom stereocenters. The Bertz CT molecular complexity index is 445. The number of carbonyl (C=O) groups is 2. The third kappa shape index (κ3) is 2.97. The van der Waals surface area contributed by atoms with Crippen LogP contribution in [0.1, 0.15) is 43.7 Å². The SMILES string of the molecule is CC(C)Cc1ccc([C@H]2CCC(=O)OC2=O)cc1. The molecule has 1 heterocycles. The van der Waals surface area contributed by atoms with E-state index >= 15 is 0 Å². The minimum Gasteiger partial charge on any atom is -0.393 e. The van der Waals surface area contributed by atoms with Gasteiger partial charge >= 0.3 is 11.9 Å². The first-order valence-corrected chi connectivity index (χ1v) is 6.39. The van der Waals surface area contributed by atoms with E-state index in [1.165, 1.54) is 5.56 Å². The van der Waals surface area contributed by atoms with Gasteiger partial charge < -0.3 is 4.74 Å². The Morgan fingerprint density at radius 1 is 1.22 bits per heavy atom. The third-order valence-corrected chi connectivity index (χ3v) is 3.16. The molecule has 0 unspecified atom stereocenters. The average molecular weight is 246 g/mol. The highest BCUT2D eigenvalue weighted by molar-refractivity contribution is 5.92. The molecule has 3 heteroatoms. The summed E-state index contributed by atoms with van der Waals surface area (Å²) in [6.07, 6.45) is 1.92. The van der Waals surface area contributed by atoms with Crippen molar-refractivity contribution in [3.63, 3.8) is 0 Å². The molecule has 1 fully saturated rings. The highest BCUT2D eigenvalue weighted by Crippen LogP contribution is 2.27. The number of esters is 2. The van der Waals surface area contributed by atoms with Crippen LogP contribution in [0.4, 0.5) is 0 Å². The molecule has 1 aliphatic rings. The van der Waals surface area contributed by atoms with Crippen molar-refractivity contribution in [3.8, 4) is 0 Å². The smallest absolute Gasteiger partial charge is 0.321 e. The van der Waals surface area contributed by atoms with Crippen molar-refractivity contribution in [1.82, 2.24) is 0 Å². The van der Waals surface area contributed by atoms with Crippen LogP contribution in [0.2, 0.25) is 0 Å². The maximum absolute atomic E-state index is 11.6. The number of hydrogen-bond acceptors (Lipinski definition) is 3. The van der Waals surface area contributed by atoms with Gasteiger partial charge in [-0.15, -0.1) is 0 Å². The second-order valence-electron chi connectivity index (χ2n) is 5.22. The van der Waals surface area contributed by atoms with Crippen LogP contribution in [-0.4, -0.2) is 11.9 Å². The molecule has 0 aromatic heterocycles. The first-order chi connectivity index (χ1) is 8.56. The normalized spacial score (nSPS) is 20.1. The quantitative estimate of drug-likeness (QED) is 0.608. The predicted molar refractivity (Wildman–Crippen MR) is 68.1 cm³/mol. The molecule has 18 heavy (non-hydrogen) atoms. The van der Waals surface area contributed by atoms with Gasteiger partial charge in [0.05, 0.1) is 5.92 Å². The lowest BCUT2D eigenvalue weighted by Crippen LogP contribution is -2.26. The first kappa shape index (κ1) is 12.8. The lowest BCUT2D eigenvalue weighted by atomic mass is 9.91. The van der Waals surface area contributed by atoms with Gasteiger partial charge in [-0.05, 0) is 29.9 Å². The molecule has 0 saturated carbocycles. The van der Waals surface area contributed by atoms with Crippen molar-refractivity contribution >= 4 is 11.9 Å². The van der Waals surface area contributed by atoms with E-state index in [-0.39, 0.29) is 5.92 Å². The largest absolute Gasteiger partial charge is 0.393 e. The minimum absolute atomic E-state index is 0.282. The van der Waals surface area contributed by atoms with Gasteiger partial charge in [0.25, 0.3) is 0 Å². The van der Waals surface area contributed by atoms with E-state index in [9.17, 15) is 9.59 Å². The molecule has 1 aromatic rings. The highest BCUT2D eigenvalue weighted by atomic mass is 16.6. The van der Waals surface area contributed by atoms with E-state index in [1.54, 1.807) is 0 Å². The van der Waals surface area contributed by atoms with Crippen LogP contribution >= 0.6 is 0 Å². The number of cyclic esters (lactones) is 2. The van der Waals surface area contributed by atoms with Gasteiger partial charge in [0.1, 0.15) is 0 Å². The van der Waals surface area contributed by atoms with Gasteiger partial charge in [-0.2, -0.15) is 0 Å². The topological polar surface area (TPSA) is 43.4 Å². The molecule has 1 saturated heterocycles. The van der Waals surface area contributed by atoms with Crippen LogP contribution in [-0.2, 0) is 20.7 Å². The summed E-state index contributed by atoms with van der Waals surface area (Å²) in [6, 6.07) is 8.05. The van der Waals surface area contributed by atoms with Crippen LogP contribution in [0.5, 0.6) is 0 Å². The van der Waals surface area contributed by atoms with E-state index in [4.69, 9.17) is 0 Å². The molecule has 0 spiro atoms. The van der Waals surface area contributed by atoms with Crippen LogP contribution in [0.25, 0.3) is 0 Å². The van der Waals surface area contributed by atoms with Gasteiger partial charge in [-0.3, -0.25) is 9.59 Å². The number of carbonyl (C=O) groups excluding carboxylic acids is 2. The monoisotopic (exact) mass is 246 g/mol. The van der Waals surface area contributed by atoms with Crippen molar-refractivity contribution in [2.24, 2.45) is 5.92 Å². The van der Waals surface area contributed by atoms with E-state index in [1.807, 2.05) is 12.1 Å². The standard InChI is InChI=1S/C15H18O3/c1-10(2)9-11-3-5-12(6-4-11)13-7-8-14(16)18-15(13)17/h3-6,10,13H,7-9H2,1-2H3/t13-/m1/s1. The molecule has 0 N–H and O–H groups in total. The Labute approximate surface area is 107 Å². The Hall–Kier alpha value is -1.64. The minimum atomic E-state index is -0.414. The molecule has 0 amide bonds. The van der Waals surface area contributed by atoms with Gasteiger partial charge in [0.15, 0.2) is 0 Å². The lowest BCUT2D eigenvalue weighted by molar-refractivity contribution is -0.164. The molecule has 1 aromatic carbocycles. The molecular formula is C15H18O3. The summed E-state index contributed by atoms with van der Waals surface area (Å²) in [7, 11) is 0. The van der Waals surface area contributed by atoms with Gasteiger partial charge in [0.2, 0.25) is 0 Å². The van der Waals surface area contributed by atoms with E-state index in [0.717, 1.165) is 12.0 Å². The number of hydrogen-bond donors (Lipinski definition) is 0. The molecule has 2 rings (SSSR count). The zero-order chi connectivity index (χ0) is 13.1. The maximum Gasteiger partial charge on any atom is 0.321 e. The Balaban J connectivity index is 2.09. The van der Waals surface area contributed by atoms with E-state index in [2.05, 4.69) is 30.7 Å². The molecular weight excluding hydrogens is 228 g/mol. The van der Waals surface area contributed by atoms with Crippen molar-refractivity contribution in [1.29, 1.82) is 0 Å². The summed E-state index contributed by atoms with van der Waals surface area (Å²) >= 11 is 0. The zero-order valence-electron chi connectivity index (χ0n) is 10.8.